The van der Waals surface area contributed by atoms with E-state index in [4.69, 9.17) is 0 Å². The molecule has 0 saturated heterocycles. The van der Waals surface area contributed by atoms with E-state index in [1.807, 2.05) is 12.1 Å². The van der Waals surface area contributed by atoms with Gasteiger partial charge in [0.05, 0.1) is 10.5 Å². The first kappa shape index (κ1) is 23.2. The first-order valence-corrected chi connectivity index (χ1v) is 12.5. The van der Waals surface area contributed by atoms with Crippen LogP contribution in [0, 0.1) is 0 Å². The number of rotatable bonds is 5. The summed E-state index contributed by atoms with van der Waals surface area (Å²) in [4.78, 5) is 14.1. The van der Waals surface area contributed by atoms with Gasteiger partial charge < -0.3 is 4.98 Å². The summed E-state index contributed by atoms with van der Waals surface area (Å²) in [5.41, 5.74) is 2.56. The number of aromatic amines is 1. The molecular formula is C26H21F3N2O3S. The number of nitrogens with one attached hydrogen (secondary N) is 2. The maximum Gasteiger partial charge on any atom is 0.417 e. The van der Waals surface area contributed by atoms with Crippen molar-refractivity contribution in [3.8, 4) is 0 Å². The van der Waals surface area contributed by atoms with Crippen LogP contribution in [0.15, 0.2) is 76.4 Å². The van der Waals surface area contributed by atoms with E-state index in [0.29, 0.717) is 23.7 Å². The van der Waals surface area contributed by atoms with E-state index >= 15 is 0 Å². The number of halogens is 3. The Morgan fingerprint density at radius 2 is 1.57 bits per heavy atom. The summed E-state index contributed by atoms with van der Waals surface area (Å²) in [6.45, 7) is 0. The van der Waals surface area contributed by atoms with Crippen LogP contribution < -0.4 is 10.3 Å². The van der Waals surface area contributed by atoms with E-state index in [9.17, 15) is 26.4 Å². The molecule has 0 amide bonds. The fourth-order valence-corrected chi connectivity index (χ4v) is 5.57. The van der Waals surface area contributed by atoms with E-state index in [1.54, 1.807) is 24.3 Å². The van der Waals surface area contributed by atoms with Crippen LogP contribution in [0.25, 0.3) is 10.9 Å². The molecule has 1 aliphatic rings. The van der Waals surface area contributed by atoms with Crippen LogP contribution in [0.4, 0.5) is 18.9 Å². The summed E-state index contributed by atoms with van der Waals surface area (Å²) in [5, 5.41) is -0.0904. The molecule has 3 aromatic carbocycles. The van der Waals surface area contributed by atoms with Crippen LogP contribution in [0.3, 0.4) is 0 Å². The van der Waals surface area contributed by atoms with Crippen LogP contribution in [0.1, 0.15) is 34.2 Å². The van der Waals surface area contributed by atoms with Gasteiger partial charge in [0.2, 0.25) is 5.56 Å². The first-order chi connectivity index (χ1) is 16.6. The zero-order valence-corrected chi connectivity index (χ0v) is 19.3. The van der Waals surface area contributed by atoms with Crippen LogP contribution in [0.2, 0.25) is 0 Å². The molecule has 0 saturated carbocycles. The molecule has 4 aromatic rings. The van der Waals surface area contributed by atoms with Crippen LogP contribution >= 0.6 is 0 Å². The Bertz CT molecular complexity index is 1590. The Labute approximate surface area is 199 Å². The summed E-state index contributed by atoms with van der Waals surface area (Å²) in [5.74, 6) is 0. The summed E-state index contributed by atoms with van der Waals surface area (Å²) in [6, 6.07) is 16.8. The lowest BCUT2D eigenvalue weighted by Crippen LogP contribution is -2.14. The van der Waals surface area contributed by atoms with Gasteiger partial charge in [-0.15, -0.1) is 0 Å². The number of pyridine rings is 1. The van der Waals surface area contributed by atoms with E-state index in [1.165, 1.54) is 29.8 Å². The number of benzene rings is 3. The highest BCUT2D eigenvalue weighted by molar-refractivity contribution is 7.92. The highest BCUT2D eigenvalue weighted by atomic mass is 32.2. The van der Waals surface area contributed by atoms with Gasteiger partial charge in [-0.25, -0.2) is 8.42 Å². The van der Waals surface area contributed by atoms with Crippen molar-refractivity contribution in [1.82, 2.24) is 4.98 Å². The molecule has 35 heavy (non-hydrogen) atoms. The molecule has 180 valence electrons. The number of hydrogen-bond donors (Lipinski definition) is 2. The average molecular weight is 499 g/mol. The Kier molecular flexibility index (Phi) is 5.67. The third-order valence-corrected chi connectivity index (χ3v) is 7.60. The van der Waals surface area contributed by atoms with Crippen molar-refractivity contribution in [1.29, 1.82) is 0 Å². The van der Waals surface area contributed by atoms with Crippen molar-refractivity contribution in [3.05, 3.63) is 105 Å². The number of hydrogen-bond acceptors (Lipinski definition) is 3. The van der Waals surface area contributed by atoms with Gasteiger partial charge in [0.1, 0.15) is 0 Å². The van der Waals surface area contributed by atoms with Crippen molar-refractivity contribution in [3.63, 3.8) is 0 Å². The third kappa shape index (κ3) is 4.81. The van der Waals surface area contributed by atoms with Crippen molar-refractivity contribution < 1.29 is 21.6 Å². The molecular weight excluding hydrogens is 477 g/mol. The highest BCUT2D eigenvalue weighted by Gasteiger charge is 2.33. The van der Waals surface area contributed by atoms with Crippen molar-refractivity contribution in [2.45, 2.75) is 36.8 Å². The predicted molar refractivity (Wildman–Crippen MR) is 128 cm³/mol. The zero-order chi connectivity index (χ0) is 24.8. The fraction of sp³-hybridized carbons (Fsp3) is 0.192. The summed E-state index contributed by atoms with van der Waals surface area (Å²) < 4.78 is 68.5. The standard InChI is InChI=1S/C26H21F3N2O3S/c27-26(28,29)23-15-25(32)30-24-11-6-17(13-22(23)24)12-16-4-9-21(10-5-16)35(33,34)31-20-8-7-18-2-1-3-19(18)14-20/h4-11,13-15,31H,1-3,12H2,(H,30,32). The van der Waals surface area contributed by atoms with E-state index in [0.717, 1.165) is 30.4 Å². The predicted octanol–water partition coefficient (Wildman–Crippen LogP) is 5.43. The highest BCUT2D eigenvalue weighted by Crippen LogP contribution is 2.34. The molecule has 0 radical (unpaired) electrons. The van der Waals surface area contributed by atoms with E-state index in [-0.39, 0.29) is 15.8 Å². The van der Waals surface area contributed by atoms with Gasteiger partial charge in [-0.05, 0) is 84.3 Å². The second-order valence-corrected chi connectivity index (χ2v) is 10.4. The molecule has 0 aliphatic heterocycles. The van der Waals surface area contributed by atoms with E-state index < -0.39 is 27.3 Å². The number of anilines is 1. The number of H-pyrrole nitrogens is 1. The molecule has 9 heteroatoms. The minimum atomic E-state index is -4.66. The van der Waals surface area contributed by atoms with Gasteiger partial charge in [0.25, 0.3) is 10.0 Å². The molecule has 5 nitrogen and oxygen atoms in total. The molecule has 1 aliphatic carbocycles. The molecule has 0 spiro atoms. The van der Waals surface area contributed by atoms with Gasteiger partial charge in [-0.1, -0.05) is 24.3 Å². The summed E-state index contributed by atoms with van der Waals surface area (Å²) >= 11 is 0. The second-order valence-electron chi connectivity index (χ2n) is 8.69. The lowest BCUT2D eigenvalue weighted by Gasteiger charge is -2.12. The third-order valence-electron chi connectivity index (χ3n) is 6.21. The minimum Gasteiger partial charge on any atom is -0.322 e. The number of aromatic nitrogens is 1. The number of aryl methyl sites for hydroxylation is 2. The summed E-state index contributed by atoms with van der Waals surface area (Å²) in [7, 11) is -3.78. The minimum absolute atomic E-state index is 0.0904. The quantitative estimate of drug-likeness (QED) is 0.385. The SMILES string of the molecule is O=c1cc(C(F)(F)F)c2cc(Cc3ccc(S(=O)(=O)Nc4ccc5c(c4)CCC5)cc3)ccc2[nH]1. The number of alkyl halides is 3. The molecule has 0 unspecified atom stereocenters. The van der Waals surface area contributed by atoms with Gasteiger partial charge >= 0.3 is 6.18 Å². The van der Waals surface area contributed by atoms with Gasteiger partial charge in [-0.2, -0.15) is 13.2 Å². The molecule has 0 bridgehead atoms. The monoisotopic (exact) mass is 498 g/mol. The van der Waals surface area contributed by atoms with Crippen molar-refractivity contribution in [2.24, 2.45) is 0 Å². The molecule has 0 atom stereocenters. The molecule has 1 heterocycles. The molecule has 1 aromatic heterocycles. The maximum atomic E-state index is 13.4. The van der Waals surface area contributed by atoms with Crippen LogP contribution in [-0.4, -0.2) is 13.4 Å². The second kappa shape index (κ2) is 8.57. The maximum absolute atomic E-state index is 13.4. The lowest BCUT2D eigenvalue weighted by atomic mass is 10.0. The fourth-order valence-electron chi connectivity index (χ4n) is 4.52. The van der Waals surface area contributed by atoms with Crippen LogP contribution in [0.5, 0.6) is 0 Å². The van der Waals surface area contributed by atoms with Crippen molar-refractivity contribution >= 4 is 26.6 Å². The molecule has 0 fully saturated rings. The summed E-state index contributed by atoms with van der Waals surface area (Å²) in [6.07, 6.45) is -1.34. The Hall–Kier alpha value is -3.59. The smallest absolute Gasteiger partial charge is 0.322 e. The van der Waals surface area contributed by atoms with Crippen LogP contribution in [-0.2, 0) is 35.5 Å². The normalized spacial score (nSPS) is 13.7. The largest absolute Gasteiger partial charge is 0.417 e. The molecule has 2 N–H and O–H groups in total. The average Bonchev–Trinajstić information content (AvgIpc) is 3.26. The number of sulfonamides is 1. The Morgan fingerprint density at radius 3 is 2.31 bits per heavy atom. The number of fused-ring (bicyclic) bond motifs is 2. The Morgan fingerprint density at radius 1 is 0.857 bits per heavy atom. The molecule has 5 rings (SSSR count). The lowest BCUT2D eigenvalue weighted by molar-refractivity contribution is -0.136. The Balaban J connectivity index is 1.37. The first-order valence-electron chi connectivity index (χ1n) is 11.1. The van der Waals surface area contributed by atoms with Crippen molar-refractivity contribution in [2.75, 3.05) is 4.72 Å². The zero-order valence-electron chi connectivity index (χ0n) is 18.4. The van der Waals surface area contributed by atoms with Gasteiger partial charge in [0, 0.05) is 22.7 Å². The van der Waals surface area contributed by atoms with Gasteiger partial charge in [-0.3, -0.25) is 9.52 Å². The van der Waals surface area contributed by atoms with Gasteiger partial charge in [0.15, 0.2) is 0 Å². The van der Waals surface area contributed by atoms with E-state index in [2.05, 4.69) is 9.71 Å². The topological polar surface area (TPSA) is 79.0 Å².